The number of rotatable bonds is 9. The first-order valence-electron chi connectivity index (χ1n) is 6.10. The number of aromatic nitrogens is 3. The maximum atomic E-state index is 11.1. The van der Waals surface area contributed by atoms with Gasteiger partial charge in [-0.3, -0.25) is 9.59 Å². The van der Waals surface area contributed by atoms with Crippen LogP contribution in [-0.2, 0) is 20.8 Å². The van der Waals surface area contributed by atoms with Gasteiger partial charge in [-0.1, -0.05) is 5.21 Å². The van der Waals surface area contributed by atoms with Crippen molar-refractivity contribution in [2.24, 2.45) is 0 Å². The van der Waals surface area contributed by atoms with Crippen LogP contribution in [0.15, 0.2) is 6.20 Å². The molecular formula is C11H16N4O6. The summed E-state index contributed by atoms with van der Waals surface area (Å²) in [5.74, 6) is -3.40. The molecule has 0 saturated heterocycles. The van der Waals surface area contributed by atoms with E-state index in [1.807, 2.05) is 0 Å². The molecule has 10 heteroatoms. The zero-order chi connectivity index (χ0) is 16.0. The van der Waals surface area contributed by atoms with E-state index < -0.39 is 30.0 Å². The van der Waals surface area contributed by atoms with Crippen LogP contribution in [0.4, 0.5) is 0 Å². The van der Waals surface area contributed by atoms with Gasteiger partial charge in [0.05, 0.1) is 5.69 Å². The first kappa shape index (κ1) is 16.6. The van der Waals surface area contributed by atoms with Crippen molar-refractivity contribution in [2.75, 3.05) is 7.05 Å². The molecule has 2 unspecified atom stereocenters. The number of carboxylic acid groups (broad SMARTS) is 3. The monoisotopic (exact) mass is 300 g/mol. The summed E-state index contributed by atoms with van der Waals surface area (Å²) < 4.78 is 1.04. The molecule has 2 atom stereocenters. The van der Waals surface area contributed by atoms with Crippen LogP contribution in [0.3, 0.4) is 0 Å². The van der Waals surface area contributed by atoms with Crippen molar-refractivity contribution in [1.82, 2.24) is 20.3 Å². The lowest BCUT2D eigenvalue weighted by Crippen LogP contribution is -2.35. The van der Waals surface area contributed by atoms with E-state index in [1.165, 1.54) is 13.2 Å². The molecule has 0 aliphatic heterocycles. The molecule has 0 bridgehead atoms. The Morgan fingerprint density at radius 2 is 1.95 bits per heavy atom. The van der Waals surface area contributed by atoms with Crippen molar-refractivity contribution in [3.63, 3.8) is 0 Å². The summed E-state index contributed by atoms with van der Waals surface area (Å²) in [5, 5.41) is 36.5. The largest absolute Gasteiger partial charge is 0.481 e. The summed E-state index contributed by atoms with van der Waals surface area (Å²) in [7, 11) is 1.48. The van der Waals surface area contributed by atoms with Crippen molar-refractivity contribution in [3.05, 3.63) is 11.9 Å². The fourth-order valence-electron chi connectivity index (χ4n) is 1.71. The molecule has 4 N–H and O–H groups in total. The van der Waals surface area contributed by atoms with Crippen LogP contribution < -0.4 is 5.32 Å². The molecule has 0 fully saturated rings. The third kappa shape index (κ3) is 4.84. The average Bonchev–Trinajstić information content (AvgIpc) is 2.83. The second-order valence-electron chi connectivity index (χ2n) is 4.36. The summed E-state index contributed by atoms with van der Waals surface area (Å²) in [6.07, 6.45) is 0.896. The summed E-state index contributed by atoms with van der Waals surface area (Å²) in [5.41, 5.74) is 0.304. The third-order valence-electron chi connectivity index (χ3n) is 2.85. The lowest BCUT2D eigenvalue weighted by atomic mass is 10.1. The quantitative estimate of drug-likeness (QED) is 0.448. The zero-order valence-electron chi connectivity index (χ0n) is 11.3. The average molecular weight is 300 g/mol. The zero-order valence-corrected chi connectivity index (χ0v) is 11.3. The highest BCUT2D eigenvalue weighted by Gasteiger charge is 2.23. The van der Waals surface area contributed by atoms with Gasteiger partial charge in [0, 0.05) is 19.0 Å². The summed E-state index contributed by atoms with van der Waals surface area (Å²) >= 11 is 0. The topological polar surface area (TPSA) is 155 Å². The highest BCUT2D eigenvalue weighted by atomic mass is 16.4. The number of nitrogens with zero attached hydrogens (tertiary/aromatic N) is 3. The van der Waals surface area contributed by atoms with Crippen LogP contribution in [-0.4, -0.2) is 61.3 Å². The lowest BCUT2D eigenvalue weighted by Gasteiger charge is -2.10. The number of carboxylic acids is 3. The van der Waals surface area contributed by atoms with Crippen molar-refractivity contribution < 1.29 is 29.7 Å². The Hall–Kier alpha value is -2.49. The van der Waals surface area contributed by atoms with Gasteiger partial charge < -0.3 is 20.6 Å². The van der Waals surface area contributed by atoms with Gasteiger partial charge in [0.2, 0.25) is 0 Å². The summed E-state index contributed by atoms with van der Waals surface area (Å²) in [6.45, 7) is 0. The van der Waals surface area contributed by atoms with Crippen LogP contribution in [0.1, 0.15) is 24.6 Å². The Morgan fingerprint density at radius 3 is 2.43 bits per heavy atom. The molecule has 21 heavy (non-hydrogen) atoms. The summed E-state index contributed by atoms with van der Waals surface area (Å²) in [4.78, 5) is 32.5. The number of likely N-dealkylation sites (N-methyl/N-ethyl adjacent to an activating group) is 1. The molecule has 0 amide bonds. The summed E-state index contributed by atoms with van der Waals surface area (Å²) in [6, 6.07) is -2.02. The Balaban J connectivity index is 2.81. The first-order valence-corrected chi connectivity index (χ1v) is 6.10. The highest BCUT2D eigenvalue weighted by Crippen LogP contribution is 2.14. The molecule has 0 aliphatic carbocycles. The second-order valence-corrected chi connectivity index (χ2v) is 4.36. The van der Waals surface area contributed by atoms with Crippen LogP contribution >= 0.6 is 0 Å². The van der Waals surface area contributed by atoms with Gasteiger partial charge in [-0.25, -0.2) is 9.48 Å². The fraction of sp³-hybridized carbons (Fsp3) is 0.545. The van der Waals surface area contributed by atoms with Gasteiger partial charge in [0.15, 0.2) is 6.04 Å². The maximum Gasteiger partial charge on any atom is 0.328 e. The molecule has 0 spiro atoms. The predicted octanol–water partition coefficient (Wildman–Crippen LogP) is -1.02. The van der Waals surface area contributed by atoms with E-state index in [0.717, 1.165) is 4.68 Å². The predicted molar refractivity (Wildman–Crippen MR) is 67.8 cm³/mol. The van der Waals surface area contributed by atoms with E-state index in [1.54, 1.807) is 0 Å². The van der Waals surface area contributed by atoms with Gasteiger partial charge in [-0.2, -0.15) is 0 Å². The molecule has 0 aliphatic rings. The van der Waals surface area contributed by atoms with Crippen molar-refractivity contribution in [2.45, 2.75) is 31.3 Å². The molecule has 10 nitrogen and oxygen atoms in total. The van der Waals surface area contributed by atoms with Crippen LogP contribution in [0.25, 0.3) is 0 Å². The molecule has 116 valence electrons. The minimum absolute atomic E-state index is 0.0388. The number of nitrogens with one attached hydrogen (secondary N) is 1. The minimum atomic E-state index is -1.23. The molecule has 1 heterocycles. The molecule has 1 aromatic rings. The van der Waals surface area contributed by atoms with Crippen LogP contribution in [0, 0.1) is 0 Å². The number of aliphatic carboxylic acids is 3. The number of hydrogen-bond acceptors (Lipinski definition) is 6. The number of hydrogen-bond donors (Lipinski definition) is 4. The Labute approximate surface area is 119 Å². The van der Waals surface area contributed by atoms with Gasteiger partial charge in [0.1, 0.15) is 6.04 Å². The molecular weight excluding hydrogens is 284 g/mol. The van der Waals surface area contributed by atoms with E-state index in [9.17, 15) is 14.4 Å². The van der Waals surface area contributed by atoms with Crippen molar-refractivity contribution in [3.8, 4) is 0 Å². The van der Waals surface area contributed by atoms with Gasteiger partial charge in [-0.05, 0) is 13.5 Å². The smallest absolute Gasteiger partial charge is 0.328 e. The molecule has 1 rings (SSSR count). The number of carbonyl (C=O) groups is 3. The van der Waals surface area contributed by atoms with E-state index >= 15 is 0 Å². The lowest BCUT2D eigenvalue weighted by molar-refractivity contribution is -0.143. The van der Waals surface area contributed by atoms with Crippen LogP contribution in [0.2, 0.25) is 0 Å². The highest BCUT2D eigenvalue weighted by molar-refractivity contribution is 5.74. The Bertz CT molecular complexity index is 529. The fourth-order valence-corrected chi connectivity index (χ4v) is 1.71. The van der Waals surface area contributed by atoms with E-state index in [4.69, 9.17) is 15.3 Å². The Morgan fingerprint density at radius 1 is 1.29 bits per heavy atom. The SMILES string of the molecule is CNC(Cc1cn(C(CCC(=O)O)C(=O)O)nn1)C(=O)O. The van der Waals surface area contributed by atoms with Crippen LogP contribution in [0.5, 0.6) is 0 Å². The second kappa shape index (κ2) is 7.33. The van der Waals surface area contributed by atoms with Crippen molar-refractivity contribution >= 4 is 17.9 Å². The van der Waals surface area contributed by atoms with E-state index in [2.05, 4.69) is 15.6 Å². The van der Waals surface area contributed by atoms with Crippen molar-refractivity contribution in [1.29, 1.82) is 0 Å². The third-order valence-corrected chi connectivity index (χ3v) is 2.85. The Kier molecular flexibility index (Phi) is 5.79. The van der Waals surface area contributed by atoms with Gasteiger partial charge in [-0.15, -0.1) is 5.10 Å². The molecule has 1 aromatic heterocycles. The van der Waals surface area contributed by atoms with Gasteiger partial charge in [0.25, 0.3) is 0 Å². The molecule has 0 saturated carbocycles. The van der Waals surface area contributed by atoms with E-state index in [0.29, 0.717) is 5.69 Å². The molecule has 0 radical (unpaired) electrons. The van der Waals surface area contributed by atoms with E-state index in [-0.39, 0.29) is 19.3 Å². The molecule has 0 aromatic carbocycles. The normalized spacial score (nSPS) is 13.6. The maximum absolute atomic E-state index is 11.1. The minimum Gasteiger partial charge on any atom is -0.481 e. The first-order chi connectivity index (χ1) is 9.85. The standard InChI is InChI=1S/C11H16N4O6/c1-12-7(10(18)19)4-6-5-15(14-13-6)8(11(20)21)2-3-9(16)17/h5,7-8,12H,2-4H2,1H3,(H,16,17)(H,18,19)(H,20,21). The van der Waals surface area contributed by atoms with Gasteiger partial charge >= 0.3 is 17.9 Å².